The largest absolute Gasteiger partial charge is 0.343 e. The van der Waals surface area contributed by atoms with Crippen LogP contribution >= 0.6 is 0 Å². The number of benzene rings is 3. The summed E-state index contributed by atoms with van der Waals surface area (Å²) in [6, 6.07) is 20.1. The van der Waals surface area contributed by atoms with Crippen LogP contribution in [0.3, 0.4) is 0 Å². The average molecular weight is 325 g/mol. The molecule has 5 rings (SSSR count). The van der Waals surface area contributed by atoms with Gasteiger partial charge in [0.2, 0.25) is 11.2 Å². The maximum atomic E-state index is 2.37. The van der Waals surface area contributed by atoms with E-state index in [-0.39, 0.29) is 0 Å². The van der Waals surface area contributed by atoms with Crippen molar-refractivity contribution in [1.29, 1.82) is 0 Å². The molecule has 0 fully saturated rings. The smallest absolute Gasteiger partial charge is 0.224 e. The molecule has 2 heterocycles. The number of para-hydroxylation sites is 1. The first-order valence-electron chi connectivity index (χ1n) is 8.76. The lowest BCUT2D eigenvalue weighted by atomic mass is 9.91. The zero-order valence-electron chi connectivity index (χ0n) is 15.1. The molecular formula is C23H21N2+. The predicted octanol–water partition coefficient (Wildman–Crippen LogP) is 5.18. The number of aryl methyl sites for hydroxylation is 3. The molecule has 2 nitrogen and oxygen atoms in total. The average Bonchev–Trinajstić information content (AvgIpc) is 2.61. The van der Waals surface area contributed by atoms with E-state index in [1.807, 2.05) is 0 Å². The molecule has 1 aliphatic rings. The monoisotopic (exact) mass is 325 g/mol. The van der Waals surface area contributed by atoms with E-state index in [2.05, 4.69) is 92.0 Å². The zero-order chi connectivity index (χ0) is 17.3. The van der Waals surface area contributed by atoms with Gasteiger partial charge in [0.05, 0.1) is 27.7 Å². The fraction of sp³-hybridized carbons (Fsp3) is 0.174. The lowest BCUT2D eigenvalue weighted by Crippen LogP contribution is -2.34. The molecule has 0 bridgehead atoms. The van der Waals surface area contributed by atoms with Gasteiger partial charge in [-0.15, -0.1) is 0 Å². The topological polar surface area (TPSA) is 7.12 Å². The predicted molar refractivity (Wildman–Crippen MR) is 106 cm³/mol. The van der Waals surface area contributed by atoms with Gasteiger partial charge in [0.1, 0.15) is 7.05 Å². The second-order valence-electron chi connectivity index (χ2n) is 7.21. The molecule has 0 saturated heterocycles. The Morgan fingerprint density at radius 3 is 2.44 bits per heavy atom. The van der Waals surface area contributed by atoms with E-state index in [0.29, 0.717) is 0 Å². The van der Waals surface area contributed by atoms with Gasteiger partial charge in [-0.2, -0.15) is 4.57 Å². The molecular weight excluding hydrogens is 304 g/mol. The first-order chi connectivity index (χ1) is 12.1. The van der Waals surface area contributed by atoms with Gasteiger partial charge in [0.25, 0.3) is 0 Å². The van der Waals surface area contributed by atoms with E-state index in [0.717, 1.165) is 0 Å². The van der Waals surface area contributed by atoms with Gasteiger partial charge in [0.15, 0.2) is 0 Å². The number of rotatable bonds is 0. The number of hydrogen-bond donors (Lipinski definition) is 0. The quantitative estimate of drug-likeness (QED) is 0.319. The Morgan fingerprint density at radius 1 is 0.800 bits per heavy atom. The molecule has 0 atom stereocenters. The third kappa shape index (κ3) is 1.82. The standard InChI is InChI=1S/C23H21N2/c1-14-9-10-16-18-11-15(2)13-21-22(18)23(25(4)20(16)12-14)17-7-5-6-8-19(17)24(21)3/h5-13H,1-4H3/q+1. The summed E-state index contributed by atoms with van der Waals surface area (Å²) >= 11 is 0. The molecule has 4 aromatic rings. The van der Waals surface area contributed by atoms with Crippen LogP contribution in [0.4, 0.5) is 11.4 Å². The van der Waals surface area contributed by atoms with Crippen molar-refractivity contribution < 1.29 is 4.57 Å². The minimum atomic E-state index is 1.27. The van der Waals surface area contributed by atoms with Gasteiger partial charge < -0.3 is 4.90 Å². The summed E-state index contributed by atoms with van der Waals surface area (Å²) < 4.78 is 2.37. The van der Waals surface area contributed by atoms with E-state index in [1.54, 1.807) is 0 Å². The van der Waals surface area contributed by atoms with Crippen LogP contribution in [0.1, 0.15) is 11.1 Å². The van der Waals surface area contributed by atoms with Crippen LogP contribution in [0.25, 0.3) is 32.9 Å². The SMILES string of the molecule is Cc1cc2c3c([n+](C)c4cc(C)ccc4c3c1)-c1ccccc1N2C. The van der Waals surface area contributed by atoms with Crippen LogP contribution in [0.5, 0.6) is 0 Å². The normalized spacial score (nSPS) is 12.7. The molecule has 0 radical (unpaired) electrons. The fourth-order valence-electron chi connectivity index (χ4n) is 4.34. The van der Waals surface area contributed by atoms with Crippen LogP contribution in [-0.2, 0) is 7.05 Å². The molecule has 2 heteroatoms. The summed E-state index contributed by atoms with van der Waals surface area (Å²) in [6.07, 6.45) is 0. The van der Waals surface area contributed by atoms with E-state index >= 15 is 0 Å². The molecule has 122 valence electrons. The number of fused-ring (bicyclic) bond motifs is 4. The first-order valence-corrected chi connectivity index (χ1v) is 8.76. The maximum absolute atomic E-state index is 2.37. The molecule has 0 spiro atoms. The highest BCUT2D eigenvalue weighted by Gasteiger charge is 2.31. The number of hydrogen-bond acceptors (Lipinski definition) is 1. The van der Waals surface area contributed by atoms with E-state index < -0.39 is 0 Å². The summed E-state index contributed by atoms with van der Waals surface area (Å²) in [7, 11) is 4.37. The van der Waals surface area contributed by atoms with Gasteiger partial charge in [-0.25, -0.2) is 0 Å². The molecule has 1 aromatic heterocycles. The highest BCUT2D eigenvalue weighted by molar-refractivity contribution is 6.17. The molecule has 0 unspecified atom stereocenters. The Morgan fingerprint density at radius 2 is 1.60 bits per heavy atom. The van der Waals surface area contributed by atoms with E-state index in [1.165, 1.54) is 55.4 Å². The van der Waals surface area contributed by atoms with Crippen molar-refractivity contribution in [3.8, 4) is 11.3 Å². The molecule has 0 saturated carbocycles. The number of anilines is 2. The Labute approximate surface area is 147 Å². The van der Waals surface area contributed by atoms with Crippen molar-refractivity contribution >= 4 is 33.1 Å². The van der Waals surface area contributed by atoms with Crippen LogP contribution in [0.2, 0.25) is 0 Å². The summed E-state index contributed by atoms with van der Waals surface area (Å²) in [5.74, 6) is 0. The molecule has 1 aliphatic heterocycles. The van der Waals surface area contributed by atoms with Gasteiger partial charge in [-0.05, 0) is 49.2 Å². The highest BCUT2D eigenvalue weighted by atomic mass is 15.1. The van der Waals surface area contributed by atoms with Gasteiger partial charge >= 0.3 is 0 Å². The van der Waals surface area contributed by atoms with Gasteiger partial charge in [0, 0.05) is 18.5 Å². The Bertz CT molecular complexity index is 1190. The molecule has 25 heavy (non-hydrogen) atoms. The third-order valence-electron chi connectivity index (χ3n) is 5.52. The van der Waals surface area contributed by atoms with Gasteiger partial charge in [-0.1, -0.05) is 24.3 Å². The Hall–Kier alpha value is -2.87. The van der Waals surface area contributed by atoms with Crippen LogP contribution in [0, 0.1) is 13.8 Å². The lowest BCUT2D eigenvalue weighted by Gasteiger charge is -2.29. The van der Waals surface area contributed by atoms with Crippen molar-refractivity contribution in [1.82, 2.24) is 0 Å². The number of pyridine rings is 1. The zero-order valence-corrected chi connectivity index (χ0v) is 15.1. The Balaban J connectivity index is 2.12. The minimum absolute atomic E-state index is 1.27. The highest BCUT2D eigenvalue weighted by Crippen LogP contribution is 2.47. The minimum Gasteiger partial charge on any atom is -0.343 e. The van der Waals surface area contributed by atoms with Crippen molar-refractivity contribution in [2.45, 2.75) is 13.8 Å². The third-order valence-corrected chi connectivity index (χ3v) is 5.52. The summed E-state index contributed by atoms with van der Waals surface area (Å²) in [5, 5.41) is 4.02. The summed E-state index contributed by atoms with van der Waals surface area (Å²) in [5.41, 5.74) is 9.07. The molecule has 0 amide bonds. The van der Waals surface area contributed by atoms with Crippen molar-refractivity contribution in [3.63, 3.8) is 0 Å². The second-order valence-corrected chi connectivity index (χ2v) is 7.21. The van der Waals surface area contributed by atoms with Gasteiger partial charge in [-0.3, -0.25) is 0 Å². The van der Waals surface area contributed by atoms with Crippen LogP contribution in [0.15, 0.2) is 54.6 Å². The summed E-state index contributed by atoms with van der Waals surface area (Å²) in [4.78, 5) is 2.33. The van der Waals surface area contributed by atoms with E-state index in [9.17, 15) is 0 Å². The number of nitrogens with zero attached hydrogens (tertiary/aromatic N) is 2. The molecule has 0 N–H and O–H groups in total. The van der Waals surface area contributed by atoms with Crippen molar-refractivity contribution in [2.24, 2.45) is 7.05 Å². The van der Waals surface area contributed by atoms with Crippen LogP contribution < -0.4 is 9.47 Å². The lowest BCUT2D eigenvalue weighted by molar-refractivity contribution is -0.632. The first kappa shape index (κ1) is 14.5. The second kappa shape index (κ2) is 4.82. The van der Waals surface area contributed by atoms with Crippen LogP contribution in [-0.4, -0.2) is 7.05 Å². The summed E-state index contributed by atoms with van der Waals surface area (Å²) in [6.45, 7) is 4.36. The number of aromatic nitrogens is 1. The van der Waals surface area contributed by atoms with E-state index in [4.69, 9.17) is 0 Å². The van der Waals surface area contributed by atoms with Crippen molar-refractivity contribution in [2.75, 3.05) is 11.9 Å². The molecule has 0 aliphatic carbocycles. The molecule has 3 aromatic carbocycles. The maximum Gasteiger partial charge on any atom is 0.224 e. The van der Waals surface area contributed by atoms with Crippen molar-refractivity contribution in [3.05, 3.63) is 65.7 Å². The fourth-order valence-corrected chi connectivity index (χ4v) is 4.34. The Kier molecular flexibility index (Phi) is 2.79.